The van der Waals surface area contributed by atoms with Gasteiger partial charge < -0.3 is 4.74 Å². The van der Waals surface area contributed by atoms with Crippen molar-refractivity contribution in [2.45, 2.75) is 6.92 Å². The molecule has 0 unspecified atom stereocenters. The number of H-pyrrole nitrogens is 1. The fourth-order valence-electron chi connectivity index (χ4n) is 1.38. The predicted molar refractivity (Wildman–Crippen MR) is 70.5 cm³/mol. The zero-order valence-corrected chi connectivity index (χ0v) is 11.3. The van der Waals surface area contributed by atoms with Gasteiger partial charge in [0, 0.05) is 9.13 Å². The van der Waals surface area contributed by atoms with Gasteiger partial charge >= 0.3 is 5.97 Å². The van der Waals surface area contributed by atoms with Crippen LogP contribution in [0, 0.1) is 3.57 Å². The van der Waals surface area contributed by atoms with Gasteiger partial charge in [-0.15, -0.1) is 5.10 Å². The van der Waals surface area contributed by atoms with Gasteiger partial charge in [0.1, 0.15) is 5.69 Å². The van der Waals surface area contributed by atoms with Gasteiger partial charge in [0.15, 0.2) is 5.69 Å². The zero-order chi connectivity index (χ0) is 12.3. The first kappa shape index (κ1) is 12.0. The quantitative estimate of drug-likeness (QED) is 0.686. The monoisotopic (exact) mass is 343 g/mol. The van der Waals surface area contributed by atoms with Crippen LogP contribution in [0.15, 0.2) is 24.3 Å². The SMILES string of the molecule is CCOC(=O)c1[nH]nnc1-c1ccc(I)cc1. The summed E-state index contributed by atoms with van der Waals surface area (Å²) in [6.45, 7) is 2.08. The largest absolute Gasteiger partial charge is 0.461 e. The van der Waals surface area contributed by atoms with Crippen molar-refractivity contribution in [2.75, 3.05) is 6.61 Å². The van der Waals surface area contributed by atoms with E-state index in [4.69, 9.17) is 4.74 Å². The van der Waals surface area contributed by atoms with Gasteiger partial charge in [-0.1, -0.05) is 17.3 Å². The highest BCUT2D eigenvalue weighted by atomic mass is 127. The highest BCUT2D eigenvalue weighted by molar-refractivity contribution is 14.1. The maximum absolute atomic E-state index is 11.6. The molecule has 0 aliphatic carbocycles. The van der Waals surface area contributed by atoms with E-state index in [-0.39, 0.29) is 5.69 Å². The fraction of sp³-hybridized carbons (Fsp3) is 0.182. The number of carbonyl (C=O) groups excluding carboxylic acids is 1. The number of ether oxygens (including phenoxy) is 1. The van der Waals surface area contributed by atoms with E-state index >= 15 is 0 Å². The van der Waals surface area contributed by atoms with Crippen LogP contribution in [0.5, 0.6) is 0 Å². The van der Waals surface area contributed by atoms with Gasteiger partial charge in [-0.3, -0.25) is 5.10 Å². The van der Waals surface area contributed by atoms with Crippen molar-refractivity contribution in [3.63, 3.8) is 0 Å². The highest BCUT2D eigenvalue weighted by Gasteiger charge is 2.17. The first-order chi connectivity index (χ1) is 8.22. The zero-order valence-electron chi connectivity index (χ0n) is 9.11. The van der Waals surface area contributed by atoms with Gasteiger partial charge in [-0.2, -0.15) is 0 Å². The Hall–Kier alpha value is -1.44. The van der Waals surface area contributed by atoms with E-state index in [1.165, 1.54) is 0 Å². The van der Waals surface area contributed by atoms with Crippen molar-refractivity contribution in [3.05, 3.63) is 33.5 Å². The molecule has 88 valence electrons. The summed E-state index contributed by atoms with van der Waals surface area (Å²) in [5, 5.41) is 10.1. The van der Waals surface area contributed by atoms with Gasteiger partial charge in [0.05, 0.1) is 6.61 Å². The van der Waals surface area contributed by atoms with Crippen LogP contribution in [0.25, 0.3) is 11.3 Å². The molecular formula is C11H10IN3O2. The fourth-order valence-corrected chi connectivity index (χ4v) is 1.74. The van der Waals surface area contributed by atoms with Crippen molar-refractivity contribution in [1.29, 1.82) is 0 Å². The number of aromatic amines is 1. The molecule has 0 bridgehead atoms. The second-order valence-corrected chi connectivity index (χ2v) is 4.51. The van der Waals surface area contributed by atoms with Crippen molar-refractivity contribution < 1.29 is 9.53 Å². The Morgan fingerprint density at radius 3 is 2.76 bits per heavy atom. The summed E-state index contributed by atoms with van der Waals surface area (Å²) in [7, 11) is 0. The molecule has 0 saturated carbocycles. The second kappa shape index (κ2) is 5.26. The molecule has 17 heavy (non-hydrogen) atoms. The van der Waals surface area contributed by atoms with E-state index in [1.807, 2.05) is 24.3 Å². The van der Waals surface area contributed by atoms with Crippen LogP contribution in [-0.2, 0) is 4.74 Å². The third-order valence-electron chi connectivity index (χ3n) is 2.15. The van der Waals surface area contributed by atoms with Gasteiger partial charge in [0.25, 0.3) is 0 Å². The van der Waals surface area contributed by atoms with Crippen molar-refractivity contribution in [1.82, 2.24) is 15.4 Å². The Balaban J connectivity index is 2.36. The lowest BCUT2D eigenvalue weighted by Crippen LogP contribution is -2.06. The standard InChI is InChI=1S/C11H10IN3O2/c1-2-17-11(16)10-9(13-15-14-10)7-3-5-8(12)6-4-7/h3-6H,2H2,1H3,(H,13,14,15). The number of esters is 1. The number of benzene rings is 1. The molecule has 2 aromatic rings. The number of nitrogens with one attached hydrogen (secondary N) is 1. The third kappa shape index (κ3) is 2.63. The minimum atomic E-state index is -0.439. The van der Waals surface area contributed by atoms with Crippen LogP contribution in [0.3, 0.4) is 0 Å². The number of hydrogen-bond acceptors (Lipinski definition) is 4. The summed E-state index contributed by atoms with van der Waals surface area (Å²) in [5.41, 5.74) is 1.63. The Bertz CT molecular complexity index is 522. The van der Waals surface area contributed by atoms with E-state index in [2.05, 4.69) is 38.0 Å². The Labute approximate surface area is 112 Å². The molecule has 6 heteroatoms. The van der Waals surface area contributed by atoms with Crippen LogP contribution in [-0.4, -0.2) is 28.0 Å². The summed E-state index contributed by atoms with van der Waals surface area (Å²) in [6, 6.07) is 7.67. The van der Waals surface area contributed by atoms with E-state index in [1.54, 1.807) is 6.92 Å². The number of aromatic nitrogens is 3. The normalized spacial score (nSPS) is 10.2. The lowest BCUT2D eigenvalue weighted by atomic mass is 10.1. The topological polar surface area (TPSA) is 67.9 Å². The maximum Gasteiger partial charge on any atom is 0.358 e. The molecule has 1 heterocycles. The Morgan fingerprint density at radius 1 is 1.41 bits per heavy atom. The summed E-state index contributed by atoms with van der Waals surface area (Å²) in [4.78, 5) is 11.6. The maximum atomic E-state index is 11.6. The predicted octanol–water partition coefficient (Wildman–Crippen LogP) is 2.25. The summed E-state index contributed by atoms with van der Waals surface area (Å²) in [5.74, 6) is -0.439. The Morgan fingerprint density at radius 2 is 2.12 bits per heavy atom. The molecule has 0 fully saturated rings. The number of hydrogen-bond donors (Lipinski definition) is 1. The average molecular weight is 343 g/mol. The number of nitrogens with zero attached hydrogens (tertiary/aromatic N) is 2. The molecule has 5 nitrogen and oxygen atoms in total. The number of halogens is 1. The summed E-state index contributed by atoms with van der Waals surface area (Å²) in [6.07, 6.45) is 0. The molecule has 0 spiro atoms. The molecule has 0 radical (unpaired) electrons. The Kier molecular flexibility index (Phi) is 3.72. The first-order valence-electron chi connectivity index (χ1n) is 5.06. The van der Waals surface area contributed by atoms with E-state index in [0.29, 0.717) is 12.3 Å². The molecule has 1 aromatic carbocycles. The van der Waals surface area contributed by atoms with Crippen LogP contribution in [0.2, 0.25) is 0 Å². The van der Waals surface area contributed by atoms with Crippen LogP contribution in [0.4, 0.5) is 0 Å². The van der Waals surface area contributed by atoms with E-state index < -0.39 is 5.97 Å². The van der Waals surface area contributed by atoms with Crippen LogP contribution < -0.4 is 0 Å². The summed E-state index contributed by atoms with van der Waals surface area (Å²) < 4.78 is 6.04. The molecule has 0 amide bonds. The molecular weight excluding hydrogens is 333 g/mol. The van der Waals surface area contributed by atoms with E-state index in [0.717, 1.165) is 9.13 Å². The third-order valence-corrected chi connectivity index (χ3v) is 2.86. The molecule has 1 aromatic heterocycles. The van der Waals surface area contributed by atoms with Gasteiger partial charge in [-0.25, -0.2) is 4.79 Å². The van der Waals surface area contributed by atoms with Crippen LogP contribution >= 0.6 is 22.6 Å². The van der Waals surface area contributed by atoms with E-state index in [9.17, 15) is 4.79 Å². The lowest BCUT2D eigenvalue weighted by Gasteiger charge is -2.01. The van der Waals surface area contributed by atoms with Crippen molar-refractivity contribution in [2.24, 2.45) is 0 Å². The average Bonchev–Trinajstić information content (AvgIpc) is 2.79. The van der Waals surface area contributed by atoms with Gasteiger partial charge in [-0.05, 0) is 41.6 Å². The molecule has 0 aliphatic rings. The minimum absolute atomic E-state index is 0.285. The minimum Gasteiger partial charge on any atom is -0.461 e. The molecule has 2 rings (SSSR count). The number of rotatable bonds is 3. The summed E-state index contributed by atoms with van der Waals surface area (Å²) >= 11 is 2.21. The molecule has 1 N–H and O–H groups in total. The highest BCUT2D eigenvalue weighted by Crippen LogP contribution is 2.21. The lowest BCUT2D eigenvalue weighted by molar-refractivity contribution is 0.0520. The van der Waals surface area contributed by atoms with Crippen LogP contribution in [0.1, 0.15) is 17.4 Å². The second-order valence-electron chi connectivity index (χ2n) is 3.26. The molecule has 0 atom stereocenters. The van der Waals surface area contributed by atoms with Crippen molar-refractivity contribution >= 4 is 28.6 Å². The molecule has 0 aliphatic heterocycles. The first-order valence-corrected chi connectivity index (χ1v) is 6.14. The van der Waals surface area contributed by atoms with Gasteiger partial charge in [0.2, 0.25) is 0 Å². The number of carbonyl (C=O) groups is 1. The molecule has 0 saturated heterocycles. The van der Waals surface area contributed by atoms with Crippen molar-refractivity contribution in [3.8, 4) is 11.3 Å². The smallest absolute Gasteiger partial charge is 0.358 e.